The van der Waals surface area contributed by atoms with E-state index in [9.17, 15) is 5.11 Å². The zero-order chi connectivity index (χ0) is 13.9. The first-order valence-electron chi connectivity index (χ1n) is 6.86. The lowest BCUT2D eigenvalue weighted by atomic mass is 10.1. The SMILES string of the molecule is CC1(O)OCc2c(N3CC4CCC(C3)O4)nc(Cl)nc21. The maximum absolute atomic E-state index is 10.2. The number of hydrogen-bond donors (Lipinski definition) is 1. The van der Waals surface area contributed by atoms with Crippen LogP contribution < -0.4 is 4.90 Å². The van der Waals surface area contributed by atoms with Gasteiger partial charge in [-0.3, -0.25) is 0 Å². The van der Waals surface area contributed by atoms with Crippen molar-refractivity contribution < 1.29 is 14.6 Å². The molecular formula is C13H16ClN3O3. The highest BCUT2D eigenvalue weighted by Gasteiger charge is 2.41. The molecule has 3 unspecified atom stereocenters. The number of ether oxygens (including phenoxy) is 2. The Kier molecular flexibility index (Phi) is 2.73. The van der Waals surface area contributed by atoms with E-state index in [0.717, 1.165) is 37.3 Å². The molecule has 1 N–H and O–H groups in total. The average Bonchev–Trinajstić information content (AvgIpc) is 2.89. The van der Waals surface area contributed by atoms with Crippen molar-refractivity contribution in [2.75, 3.05) is 18.0 Å². The maximum Gasteiger partial charge on any atom is 0.224 e. The molecule has 7 heteroatoms. The van der Waals surface area contributed by atoms with Crippen LogP contribution >= 0.6 is 11.6 Å². The predicted molar refractivity (Wildman–Crippen MR) is 71.5 cm³/mol. The molecule has 3 atom stereocenters. The lowest BCUT2D eigenvalue weighted by molar-refractivity contribution is -0.190. The van der Waals surface area contributed by atoms with Crippen LogP contribution in [0.25, 0.3) is 0 Å². The van der Waals surface area contributed by atoms with Crippen LogP contribution in [-0.4, -0.2) is 40.4 Å². The van der Waals surface area contributed by atoms with Gasteiger partial charge >= 0.3 is 0 Å². The molecule has 0 spiro atoms. The van der Waals surface area contributed by atoms with E-state index in [0.29, 0.717) is 12.3 Å². The zero-order valence-corrected chi connectivity index (χ0v) is 11.9. The zero-order valence-electron chi connectivity index (χ0n) is 11.2. The van der Waals surface area contributed by atoms with E-state index < -0.39 is 5.79 Å². The van der Waals surface area contributed by atoms with Gasteiger partial charge in [-0.15, -0.1) is 0 Å². The summed E-state index contributed by atoms with van der Waals surface area (Å²) in [6.45, 7) is 3.49. The second kappa shape index (κ2) is 4.27. The van der Waals surface area contributed by atoms with Crippen molar-refractivity contribution in [1.82, 2.24) is 9.97 Å². The summed E-state index contributed by atoms with van der Waals surface area (Å²) < 4.78 is 11.2. The third-order valence-electron chi connectivity index (χ3n) is 4.24. The summed E-state index contributed by atoms with van der Waals surface area (Å²) >= 11 is 6.02. The number of anilines is 1. The molecule has 3 aliphatic rings. The summed E-state index contributed by atoms with van der Waals surface area (Å²) in [5.41, 5.74) is 1.31. The van der Waals surface area contributed by atoms with Gasteiger partial charge in [0.25, 0.3) is 0 Å². The Morgan fingerprint density at radius 3 is 2.70 bits per heavy atom. The Labute approximate surface area is 121 Å². The van der Waals surface area contributed by atoms with E-state index in [1.807, 2.05) is 0 Å². The molecular weight excluding hydrogens is 282 g/mol. The molecule has 1 aromatic heterocycles. The van der Waals surface area contributed by atoms with Crippen LogP contribution in [0.4, 0.5) is 5.82 Å². The average molecular weight is 298 g/mol. The van der Waals surface area contributed by atoms with Crippen molar-refractivity contribution in [2.45, 2.75) is 44.4 Å². The summed E-state index contributed by atoms with van der Waals surface area (Å²) in [5.74, 6) is -0.611. The number of halogens is 1. The van der Waals surface area contributed by atoms with Gasteiger partial charge in [0, 0.05) is 18.7 Å². The van der Waals surface area contributed by atoms with E-state index >= 15 is 0 Å². The summed E-state index contributed by atoms with van der Waals surface area (Å²) in [5, 5.41) is 10.3. The minimum atomic E-state index is -1.39. The molecule has 108 valence electrons. The number of fused-ring (bicyclic) bond motifs is 3. The highest BCUT2D eigenvalue weighted by atomic mass is 35.5. The van der Waals surface area contributed by atoms with E-state index in [2.05, 4.69) is 14.9 Å². The van der Waals surface area contributed by atoms with Gasteiger partial charge in [0.2, 0.25) is 11.1 Å². The quantitative estimate of drug-likeness (QED) is 0.786. The number of hydrogen-bond acceptors (Lipinski definition) is 6. The number of aromatic nitrogens is 2. The molecule has 2 bridgehead atoms. The molecule has 2 saturated heterocycles. The van der Waals surface area contributed by atoms with Gasteiger partial charge in [0.05, 0.1) is 18.8 Å². The molecule has 6 nitrogen and oxygen atoms in total. The van der Waals surface area contributed by atoms with Gasteiger partial charge < -0.3 is 19.5 Å². The van der Waals surface area contributed by atoms with Crippen molar-refractivity contribution in [3.05, 3.63) is 16.5 Å². The number of nitrogens with zero attached hydrogens (tertiary/aromatic N) is 3. The molecule has 0 aliphatic carbocycles. The Morgan fingerprint density at radius 1 is 1.30 bits per heavy atom. The lowest BCUT2D eigenvalue weighted by Crippen LogP contribution is -2.43. The molecule has 0 saturated carbocycles. The fraction of sp³-hybridized carbons (Fsp3) is 0.692. The third kappa shape index (κ3) is 1.90. The first kappa shape index (κ1) is 12.8. The number of rotatable bonds is 1. The van der Waals surface area contributed by atoms with Gasteiger partial charge in [-0.05, 0) is 31.4 Å². The topological polar surface area (TPSA) is 67.7 Å². The highest BCUT2D eigenvalue weighted by molar-refractivity contribution is 6.28. The lowest BCUT2D eigenvalue weighted by Gasteiger charge is -2.33. The third-order valence-corrected chi connectivity index (χ3v) is 4.41. The van der Waals surface area contributed by atoms with E-state index in [-0.39, 0.29) is 17.5 Å². The van der Waals surface area contributed by atoms with Crippen molar-refractivity contribution >= 4 is 17.4 Å². The Hall–Kier alpha value is -0.950. The van der Waals surface area contributed by atoms with Crippen LogP contribution in [0.2, 0.25) is 5.28 Å². The van der Waals surface area contributed by atoms with Crippen molar-refractivity contribution in [1.29, 1.82) is 0 Å². The molecule has 3 aliphatic heterocycles. The Balaban J connectivity index is 1.76. The van der Waals surface area contributed by atoms with Gasteiger partial charge in [-0.2, -0.15) is 0 Å². The van der Waals surface area contributed by atoms with E-state index in [1.54, 1.807) is 6.92 Å². The summed E-state index contributed by atoms with van der Waals surface area (Å²) in [6.07, 6.45) is 2.72. The maximum atomic E-state index is 10.2. The minimum Gasteiger partial charge on any atom is -0.371 e. The normalized spacial score (nSPS) is 35.5. The van der Waals surface area contributed by atoms with Crippen LogP contribution in [0.3, 0.4) is 0 Å². The minimum absolute atomic E-state index is 0.142. The Morgan fingerprint density at radius 2 is 2.00 bits per heavy atom. The van der Waals surface area contributed by atoms with Crippen LogP contribution in [-0.2, 0) is 21.9 Å². The first-order valence-corrected chi connectivity index (χ1v) is 7.24. The largest absolute Gasteiger partial charge is 0.371 e. The van der Waals surface area contributed by atoms with Crippen molar-refractivity contribution in [3.63, 3.8) is 0 Å². The standard InChI is InChI=1S/C13H16ClN3O3/c1-13(18)10-9(6-19-13)11(16-12(14)15-10)17-4-7-2-3-8(5-17)20-7/h7-8,18H,2-6H2,1H3. The highest BCUT2D eigenvalue weighted by Crippen LogP contribution is 2.39. The summed E-state index contributed by atoms with van der Waals surface area (Å²) in [6, 6.07) is 0. The fourth-order valence-corrected chi connectivity index (χ4v) is 3.46. The molecule has 4 heterocycles. The molecule has 4 rings (SSSR count). The molecule has 0 radical (unpaired) electrons. The molecule has 20 heavy (non-hydrogen) atoms. The van der Waals surface area contributed by atoms with Crippen LogP contribution in [0.1, 0.15) is 31.0 Å². The van der Waals surface area contributed by atoms with Gasteiger partial charge in [0.1, 0.15) is 11.5 Å². The van der Waals surface area contributed by atoms with Crippen molar-refractivity contribution in [3.8, 4) is 0 Å². The summed E-state index contributed by atoms with van der Waals surface area (Å²) in [7, 11) is 0. The monoisotopic (exact) mass is 297 g/mol. The predicted octanol–water partition coefficient (Wildman–Crippen LogP) is 1.19. The molecule has 2 fully saturated rings. The smallest absolute Gasteiger partial charge is 0.224 e. The number of aliphatic hydroxyl groups is 1. The van der Waals surface area contributed by atoms with Crippen molar-refractivity contribution in [2.24, 2.45) is 0 Å². The van der Waals surface area contributed by atoms with Crippen LogP contribution in [0.5, 0.6) is 0 Å². The molecule has 0 amide bonds. The van der Waals surface area contributed by atoms with E-state index in [4.69, 9.17) is 21.1 Å². The van der Waals surface area contributed by atoms with E-state index in [1.165, 1.54) is 0 Å². The summed E-state index contributed by atoms with van der Waals surface area (Å²) in [4.78, 5) is 10.7. The fourth-order valence-electron chi connectivity index (χ4n) is 3.29. The molecule has 1 aromatic rings. The second-order valence-electron chi connectivity index (χ2n) is 5.78. The van der Waals surface area contributed by atoms with Gasteiger partial charge in [-0.25, -0.2) is 9.97 Å². The van der Waals surface area contributed by atoms with Gasteiger partial charge in [0.15, 0.2) is 0 Å². The van der Waals surface area contributed by atoms with Crippen LogP contribution in [0, 0.1) is 0 Å². The Bertz CT molecular complexity index is 554. The molecule has 0 aromatic carbocycles. The number of morpholine rings is 1. The first-order chi connectivity index (χ1) is 9.53. The second-order valence-corrected chi connectivity index (χ2v) is 6.12. The van der Waals surface area contributed by atoms with Gasteiger partial charge in [-0.1, -0.05) is 0 Å². The van der Waals surface area contributed by atoms with Crippen LogP contribution in [0.15, 0.2) is 0 Å².